The predicted molar refractivity (Wildman–Crippen MR) is 46.6 cm³/mol. The van der Waals surface area contributed by atoms with Gasteiger partial charge in [-0.1, -0.05) is 0 Å². The van der Waals surface area contributed by atoms with E-state index in [9.17, 15) is 0 Å². The minimum absolute atomic E-state index is 1.09. The van der Waals surface area contributed by atoms with E-state index in [0.717, 1.165) is 23.9 Å². The SMILES string of the molecule is CCCCCCC[CH]=[InH]. The van der Waals surface area contributed by atoms with Crippen molar-refractivity contribution in [2.75, 3.05) is 0 Å². The van der Waals surface area contributed by atoms with Crippen molar-refractivity contribution < 1.29 is 0 Å². The Labute approximate surface area is 73.1 Å². The van der Waals surface area contributed by atoms with Gasteiger partial charge in [-0.25, -0.2) is 0 Å². The Morgan fingerprint density at radius 1 is 1.11 bits per heavy atom. The second-order valence-electron chi connectivity index (χ2n) is 2.49. The summed E-state index contributed by atoms with van der Waals surface area (Å²) in [7, 11) is 0. The quantitative estimate of drug-likeness (QED) is 0.610. The number of rotatable bonds is 6. The van der Waals surface area contributed by atoms with Gasteiger partial charge >= 0.3 is 73.1 Å². The second kappa shape index (κ2) is 8.74. The molecule has 0 saturated carbocycles. The fourth-order valence-electron chi connectivity index (χ4n) is 0.892. The third kappa shape index (κ3) is 8.74. The van der Waals surface area contributed by atoms with Gasteiger partial charge in [-0.3, -0.25) is 0 Å². The van der Waals surface area contributed by atoms with Crippen LogP contribution in [0.15, 0.2) is 0 Å². The summed E-state index contributed by atoms with van der Waals surface area (Å²) in [6, 6.07) is 0. The summed E-state index contributed by atoms with van der Waals surface area (Å²) >= 11 is 1.09. The molecule has 0 radical (unpaired) electrons. The molecule has 0 aliphatic carbocycles. The van der Waals surface area contributed by atoms with Crippen molar-refractivity contribution in [2.24, 2.45) is 0 Å². The van der Waals surface area contributed by atoms with Crippen LogP contribution in [0.3, 0.4) is 0 Å². The van der Waals surface area contributed by atoms with Crippen molar-refractivity contribution in [3.63, 3.8) is 0 Å². The topological polar surface area (TPSA) is 0 Å². The molecule has 0 amide bonds. The zero-order valence-electron chi connectivity index (χ0n) is 6.53. The number of hydrogen-bond donors (Lipinski definition) is 0. The van der Waals surface area contributed by atoms with Gasteiger partial charge in [-0.05, 0) is 0 Å². The fraction of sp³-hybridized carbons (Fsp3) is 0.875. The van der Waals surface area contributed by atoms with Crippen LogP contribution in [0.2, 0.25) is 0 Å². The van der Waals surface area contributed by atoms with Crippen molar-refractivity contribution in [1.29, 1.82) is 0 Å². The summed E-state index contributed by atoms with van der Waals surface area (Å²) in [6.45, 7) is 2.26. The standard InChI is InChI=1S/C8H16.In.H/c1-3-5-7-8-6-4-2;;/h1H,3-8H2,2H3;;. The summed E-state index contributed by atoms with van der Waals surface area (Å²) in [4.78, 5) is 0. The fourth-order valence-corrected chi connectivity index (χ4v) is 1.72. The third-order valence-electron chi connectivity index (χ3n) is 1.51. The Balaban J connectivity index is 2.66. The molecular weight excluding hydrogens is 211 g/mol. The van der Waals surface area contributed by atoms with Gasteiger partial charge < -0.3 is 0 Å². The summed E-state index contributed by atoms with van der Waals surface area (Å²) in [5.41, 5.74) is 0. The summed E-state index contributed by atoms with van der Waals surface area (Å²) < 4.78 is 2.43. The Morgan fingerprint density at radius 2 is 1.78 bits per heavy atom. The molecule has 0 atom stereocenters. The van der Waals surface area contributed by atoms with Crippen LogP contribution >= 0.6 is 0 Å². The number of hydrogen-bond acceptors (Lipinski definition) is 0. The van der Waals surface area contributed by atoms with E-state index in [0.29, 0.717) is 0 Å². The molecule has 52 valence electrons. The molecule has 0 nitrogen and oxygen atoms in total. The van der Waals surface area contributed by atoms with Crippen LogP contribution in [0.5, 0.6) is 0 Å². The van der Waals surface area contributed by atoms with E-state index in [4.69, 9.17) is 0 Å². The molecule has 0 heterocycles. The predicted octanol–water partition coefficient (Wildman–Crippen LogP) is 2.05. The average molecular weight is 228 g/mol. The van der Waals surface area contributed by atoms with E-state index in [1.165, 1.54) is 38.5 Å². The average Bonchev–Trinajstić information content (AvgIpc) is 1.89. The monoisotopic (exact) mass is 228 g/mol. The van der Waals surface area contributed by atoms with Crippen molar-refractivity contribution in [3.05, 3.63) is 0 Å². The Hall–Kier alpha value is 0.740. The molecule has 0 fully saturated rings. The van der Waals surface area contributed by atoms with Gasteiger partial charge in [-0.2, -0.15) is 0 Å². The normalized spacial score (nSPS) is 9.33. The molecular formula is C8H17In. The van der Waals surface area contributed by atoms with Crippen LogP contribution in [0.1, 0.15) is 45.4 Å². The van der Waals surface area contributed by atoms with E-state index >= 15 is 0 Å². The van der Waals surface area contributed by atoms with Gasteiger partial charge in [0.05, 0.1) is 0 Å². The third-order valence-corrected chi connectivity index (χ3v) is 2.68. The Kier molecular flexibility index (Phi) is 9.46. The molecule has 0 bridgehead atoms. The van der Waals surface area contributed by atoms with E-state index in [2.05, 4.69) is 10.7 Å². The maximum absolute atomic E-state index is 2.43. The van der Waals surface area contributed by atoms with E-state index in [-0.39, 0.29) is 0 Å². The second-order valence-corrected chi connectivity index (χ2v) is 4.14. The first-order valence-corrected chi connectivity index (χ1v) is 6.35. The van der Waals surface area contributed by atoms with Gasteiger partial charge in [0.15, 0.2) is 0 Å². The molecule has 9 heavy (non-hydrogen) atoms. The molecule has 0 aliphatic heterocycles. The van der Waals surface area contributed by atoms with Gasteiger partial charge in [0.1, 0.15) is 0 Å². The van der Waals surface area contributed by atoms with E-state index < -0.39 is 0 Å². The molecule has 0 N–H and O–H groups in total. The molecule has 0 aromatic heterocycles. The molecule has 0 unspecified atom stereocenters. The zero-order chi connectivity index (χ0) is 6.95. The summed E-state index contributed by atoms with van der Waals surface area (Å²) in [6.07, 6.45) is 8.54. The molecule has 0 aromatic rings. The first-order valence-electron chi connectivity index (χ1n) is 4.02. The Bertz CT molecular complexity index is 59.6. The zero-order valence-corrected chi connectivity index (χ0v) is 10.6. The van der Waals surface area contributed by atoms with Crippen molar-refractivity contribution in [2.45, 2.75) is 45.4 Å². The number of unbranched alkanes of at least 4 members (excludes halogenated alkanes) is 5. The first kappa shape index (κ1) is 9.74. The Morgan fingerprint density at radius 3 is 2.33 bits per heavy atom. The van der Waals surface area contributed by atoms with Crippen molar-refractivity contribution >= 4 is 27.7 Å². The van der Waals surface area contributed by atoms with Crippen LogP contribution in [-0.4, -0.2) is 27.7 Å². The molecule has 0 spiro atoms. The van der Waals surface area contributed by atoms with Crippen molar-refractivity contribution in [1.82, 2.24) is 0 Å². The molecule has 0 aliphatic rings. The van der Waals surface area contributed by atoms with Crippen LogP contribution in [0.4, 0.5) is 0 Å². The molecule has 0 aromatic carbocycles. The van der Waals surface area contributed by atoms with E-state index in [1.807, 2.05) is 0 Å². The van der Waals surface area contributed by atoms with Crippen LogP contribution in [0, 0.1) is 0 Å². The molecule has 0 saturated heterocycles. The van der Waals surface area contributed by atoms with Gasteiger partial charge in [0.25, 0.3) is 0 Å². The van der Waals surface area contributed by atoms with Crippen LogP contribution in [-0.2, 0) is 0 Å². The van der Waals surface area contributed by atoms with E-state index in [1.54, 1.807) is 0 Å². The van der Waals surface area contributed by atoms with Crippen molar-refractivity contribution in [3.8, 4) is 0 Å². The molecule has 0 rings (SSSR count). The maximum atomic E-state index is 2.43. The minimum atomic E-state index is 1.09. The summed E-state index contributed by atoms with van der Waals surface area (Å²) in [5.74, 6) is 0. The van der Waals surface area contributed by atoms with Gasteiger partial charge in [0, 0.05) is 0 Å². The molecule has 1 heteroatoms. The van der Waals surface area contributed by atoms with Crippen LogP contribution < -0.4 is 0 Å². The van der Waals surface area contributed by atoms with Gasteiger partial charge in [0.2, 0.25) is 0 Å². The van der Waals surface area contributed by atoms with Gasteiger partial charge in [-0.15, -0.1) is 0 Å². The van der Waals surface area contributed by atoms with Crippen LogP contribution in [0.25, 0.3) is 0 Å². The summed E-state index contributed by atoms with van der Waals surface area (Å²) in [5, 5.41) is 0. The first-order chi connectivity index (χ1) is 4.41.